The molecule has 19 heavy (non-hydrogen) atoms. The fourth-order valence-electron chi connectivity index (χ4n) is 1.57. The Morgan fingerprint density at radius 3 is 2.63 bits per heavy atom. The van der Waals surface area contributed by atoms with Crippen LogP contribution in [0.25, 0.3) is 0 Å². The van der Waals surface area contributed by atoms with Crippen molar-refractivity contribution in [3.8, 4) is 5.75 Å². The molecule has 100 valence electrons. The van der Waals surface area contributed by atoms with Crippen molar-refractivity contribution in [1.82, 2.24) is 14.5 Å². The van der Waals surface area contributed by atoms with E-state index < -0.39 is 0 Å². The first-order chi connectivity index (χ1) is 9.16. The lowest BCUT2D eigenvalue weighted by atomic mass is 10.2. The zero-order valence-electron chi connectivity index (χ0n) is 11.1. The number of ether oxygens (including phenoxy) is 1. The minimum Gasteiger partial charge on any atom is -0.492 e. The number of aromatic nitrogens is 2. The van der Waals surface area contributed by atoms with Crippen molar-refractivity contribution in [2.75, 3.05) is 27.2 Å². The molecule has 0 saturated heterocycles. The van der Waals surface area contributed by atoms with Gasteiger partial charge in [-0.2, -0.15) is 0 Å². The Bertz CT molecular complexity index is 518. The first-order valence-electron chi connectivity index (χ1n) is 6.07. The smallest absolute Gasteiger partial charge is 0.263 e. The van der Waals surface area contributed by atoms with E-state index in [0.717, 1.165) is 12.3 Å². The predicted octanol–water partition coefficient (Wildman–Crippen LogP) is 1.51. The number of imidazole rings is 1. The van der Waals surface area contributed by atoms with Crippen LogP contribution in [0.3, 0.4) is 0 Å². The van der Waals surface area contributed by atoms with Crippen molar-refractivity contribution in [3.63, 3.8) is 0 Å². The molecule has 0 fully saturated rings. The number of likely N-dealkylation sites (N-methyl/N-ethyl adjacent to an activating group) is 1. The average molecular weight is 259 g/mol. The first kappa shape index (κ1) is 13.3. The molecule has 0 aliphatic heterocycles. The molecule has 0 N–H and O–H groups in total. The van der Waals surface area contributed by atoms with Gasteiger partial charge in [-0.1, -0.05) is 0 Å². The molecule has 1 aromatic heterocycles. The fraction of sp³-hybridized carbons (Fsp3) is 0.286. The maximum Gasteiger partial charge on any atom is 0.263 e. The average Bonchev–Trinajstić information content (AvgIpc) is 2.92. The van der Waals surface area contributed by atoms with Crippen LogP contribution in [-0.4, -0.2) is 47.6 Å². The molecule has 2 rings (SSSR count). The Kier molecular flexibility index (Phi) is 4.30. The van der Waals surface area contributed by atoms with Gasteiger partial charge < -0.3 is 9.64 Å². The van der Waals surface area contributed by atoms with Gasteiger partial charge in [0.2, 0.25) is 0 Å². The fourth-order valence-corrected chi connectivity index (χ4v) is 1.57. The molecule has 0 aliphatic rings. The van der Waals surface area contributed by atoms with Crippen LogP contribution in [0.1, 0.15) is 10.4 Å². The van der Waals surface area contributed by atoms with Gasteiger partial charge in [-0.3, -0.25) is 9.36 Å². The van der Waals surface area contributed by atoms with E-state index in [9.17, 15) is 4.79 Å². The molecule has 0 bridgehead atoms. The standard InChI is InChI=1S/C14H17N3O2/c1-16(2)9-10-19-13-5-3-12(4-6-13)14(18)17-8-7-15-11-17/h3-8,11H,9-10H2,1-2H3. The summed E-state index contributed by atoms with van der Waals surface area (Å²) in [6.07, 6.45) is 4.70. The molecule has 0 radical (unpaired) electrons. The van der Waals surface area contributed by atoms with Gasteiger partial charge in [0.05, 0.1) is 0 Å². The number of rotatable bonds is 5. The number of hydrogen-bond acceptors (Lipinski definition) is 4. The highest BCUT2D eigenvalue weighted by atomic mass is 16.5. The van der Waals surface area contributed by atoms with Crippen LogP contribution < -0.4 is 4.74 Å². The normalized spacial score (nSPS) is 10.7. The van der Waals surface area contributed by atoms with Crippen LogP contribution in [0.15, 0.2) is 43.0 Å². The summed E-state index contributed by atoms with van der Waals surface area (Å²) < 4.78 is 7.02. The van der Waals surface area contributed by atoms with Crippen molar-refractivity contribution in [2.24, 2.45) is 0 Å². The summed E-state index contributed by atoms with van der Waals surface area (Å²) in [4.78, 5) is 17.9. The molecule has 0 amide bonds. The van der Waals surface area contributed by atoms with Gasteiger partial charge in [-0.15, -0.1) is 0 Å². The van der Waals surface area contributed by atoms with Gasteiger partial charge >= 0.3 is 0 Å². The van der Waals surface area contributed by atoms with E-state index in [1.54, 1.807) is 36.7 Å². The van der Waals surface area contributed by atoms with E-state index in [1.165, 1.54) is 10.9 Å². The summed E-state index contributed by atoms with van der Waals surface area (Å²) in [5, 5.41) is 0. The van der Waals surface area contributed by atoms with Gasteiger partial charge in [0.25, 0.3) is 5.91 Å². The third-order valence-corrected chi connectivity index (χ3v) is 2.65. The molecule has 0 atom stereocenters. The molecule has 0 spiro atoms. The largest absolute Gasteiger partial charge is 0.492 e. The van der Waals surface area contributed by atoms with Crippen molar-refractivity contribution in [3.05, 3.63) is 48.5 Å². The van der Waals surface area contributed by atoms with Crippen LogP contribution in [0.5, 0.6) is 5.75 Å². The van der Waals surface area contributed by atoms with Crippen LogP contribution in [0, 0.1) is 0 Å². The zero-order chi connectivity index (χ0) is 13.7. The van der Waals surface area contributed by atoms with Crippen molar-refractivity contribution in [2.45, 2.75) is 0 Å². The Morgan fingerprint density at radius 2 is 2.05 bits per heavy atom. The van der Waals surface area contributed by atoms with E-state index in [0.29, 0.717) is 12.2 Å². The Labute approximate surface area is 112 Å². The summed E-state index contributed by atoms with van der Waals surface area (Å²) >= 11 is 0. The molecule has 0 unspecified atom stereocenters. The summed E-state index contributed by atoms with van der Waals surface area (Å²) in [5.41, 5.74) is 0.609. The van der Waals surface area contributed by atoms with Crippen molar-refractivity contribution < 1.29 is 9.53 Å². The van der Waals surface area contributed by atoms with Gasteiger partial charge in [0.15, 0.2) is 0 Å². The number of carbonyl (C=O) groups is 1. The van der Waals surface area contributed by atoms with Crippen molar-refractivity contribution in [1.29, 1.82) is 0 Å². The lowest BCUT2D eigenvalue weighted by Crippen LogP contribution is -2.19. The minimum absolute atomic E-state index is 0.0997. The van der Waals surface area contributed by atoms with E-state index in [-0.39, 0.29) is 5.91 Å². The highest BCUT2D eigenvalue weighted by molar-refractivity contribution is 5.95. The molecular formula is C14H17N3O2. The molecule has 5 nitrogen and oxygen atoms in total. The molecule has 2 aromatic rings. The third-order valence-electron chi connectivity index (χ3n) is 2.65. The zero-order valence-corrected chi connectivity index (χ0v) is 11.1. The minimum atomic E-state index is -0.0997. The molecule has 0 aliphatic carbocycles. The first-order valence-corrected chi connectivity index (χ1v) is 6.07. The van der Waals surface area contributed by atoms with Crippen LogP contribution in [-0.2, 0) is 0 Å². The van der Waals surface area contributed by atoms with Gasteiger partial charge in [-0.05, 0) is 38.4 Å². The highest BCUT2D eigenvalue weighted by Gasteiger charge is 2.07. The lowest BCUT2D eigenvalue weighted by Gasteiger charge is -2.11. The molecule has 1 heterocycles. The maximum atomic E-state index is 12.0. The van der Waals surface area contributed by atoms with Gasteiger partial charge in [0, 0.05) is 24.5 Å². The number of nitrogens with zero attached hydrogens (tertiary/aromatic N) is 3. The van der Waals surface area contributed by atoms with Crippen LogP contribution >= 0.6 is 0 Å². The van der Waals surface area contributed by atoms with E-state index in [1.807, 2.05) is 14.1 Å². The van der Waals surface area contributed by atoms with E-state index in [2.05, 4.69) is 9.88 Å². The SMILES string of the molecule is CN(C)CCOc1ccc(C(=O)n2ccnc2)cc1. The summed E-state index contributed by atoms with van der Waals surface area (Å²) in [7, 11) is 3.99. The summed E-state index contributed by atoms with van der Waals surface area (Å²) in [5.74, 6) is 0.668. The highest BCUT2D eigenvalue weighted by Crippen LogP contribution is 2.13. The Morgan fingerprint density at radius 1 is 1.32 bits per heavy atom. The molecule has 0 saturated carbocycles. The molecular weight excluding hydrogens is 242 g/mol. The number of hydrogen-bond donors (Lipinski definition) is 0. The second-order valence-electron chi connectivity index (χ2n) is 4.45. The monoisotopic (exact) mass is 259 g/mol. The predicted molar refractivity (Wildman–Crippen MR) is 72.4 cm³/mol. The second-order valence-corrected chi connectivity index (χ2v) is 4.45. The van der Waals surface area contributed by atoms with Crippen LogP contribution in [0.4, 0.5) is 0 Å². The van der Waals surface area contributed by atoms with E-state index >= 15 is 0 Å². The second kappa shape index (κ2) is 6.15. The molecule has 5 heteroatoms. The molecule has 1 aromatic carbocycles. The maximum absolute atomic E-state index is 12.0. The summed E-state index contributed by atoms with van der Waals surface area (Å²) in [6, 6.07) is 7.13. The number of carbonyl (C=O) groups excluding carboxylic acids is 1. The Balaban J connectivity index is 1.96. The van der Waals surface area contributed by atoms with Crippen LogP contribution in [0.2, 0.25) is 0 Å². The van der Waals surface area contributed by atoms with Gasteiger partial charge in [-0.25, -0.2) is 4.98 Å². The number of benzene rings is 1. The van der Waals surface area contributed by atoms with Crippen molar-refractivity contribution >= 4 is 5.91 Å². The van der Waals surface area contributed by atoms with E-state index in [4.69, 9.17) is 4.74 Å². The lowest BCUT2D eigenvalue weighted by molar-refractivity contribution is 0.0959. The van der Waals surface area contributed by atoms with Gasteiger partial charge in [0.1, 0.15) is 18.7 Å². The quantitative estimate of drug-likeness (QED) is 0.816. The topological polar surface area (TPSA) is 47.4 Å². The third kappa shape index (κ3) is 3.66. The summed E-state index contributed by atoms with van der Waals surface area (Å²) in [6.45, 7) is 1.48. The Hall–Kier alpha value is -2.14.